The highest BCUT2D eigenvalue weighted by molar-refractivity contribution is 14.0. The second-order valence-electron chi connectivity index (χ2n) is 6.11. The van der Waals surface area contributed by atoms with E-state index in [1.807, 2.05) is 19.9 Å². The molecule has 0 aliphatic heterocycles. The zero-order valence-electron chi connectivity index (χ0n) is 16.3. The number of carbonyl (C=O) groups is 1. The largest absolute Gasteiger partial charge is 0.459 e. The van der Waals surface area contributed by atoms with Crippen molar-refractivity contribution in [3.63, 3.8) is 0 Å². The quantitative estimate of drug-likeness (QED) is 0.213. The molecule has 0 aliphatic rings. The number of benzene rings is 1. The Morgan fingerprint density at radius 2 is 2.00 bits per heavy atom. The fourth-order valence-corrected chi connectivity index (χ4v) is 2.52. The second-order valence-corrected chi connectivity index (χ2v) is 6.11. The van der Waals surface area contributed by atoms with Gasteiger partial charge in [0.1, 0.15) is 5.82 Å². The highest BCUT2D eigenvalue weighted by Crippen LogP contribution is 2.08. The van der Waals surface area contributed by atoms with Gasteiger partial charge in [-0.25, -0.2) is 4.39 Å². The lowest BCUT2D eigenvalue weighted by molar-refractivity contribution is 0.0925. The SMILES string of the molecule is CCNC(=NCCCNC(=O)c1occc1C)NCCc1cccc(F)c1.I. The number of aryl methyl sites for hydroxylation is 1. The van der Waals surface area contributed by atoms with Crippen LogP contribution in [0.25, 0.3) is 0 Å². The number of carbonyl (C=O) groups excluding carboxylic acids is 1. The Labute approximate surface area is 182 Å². The molecule has 8 heteroatoms. The highest BCUT2D eigenvalue weighted by Gasteiger charge is 2.11. The van der Waals surface area contributed by atoms with Gasteiger partial charge in [-0.1, -0.05) is 12.1 Å². The van der Waals surface area contributed by atoms with Gasteiger partial charge >= 0.3 is 0 Å². The van der Waals surface area contributed by atoms with E-state index >= 15 is 0 Å². The van der Waals surface area contributed by atoms with Crippen molar-refractivity contribution in [3.05, 3.63) is 59.3 Å². The van der Waals surface area contributed by atoms with Gasteiger partial charge in [-0.15, -0.1) is 24.0 Å². The highest BCUT2D eigenvalue weighted by atomic mass is 127. The first-order valence-corrected chi connectivity index (χ1v) is 9.19. The zero-order chi connectivity index (χ0) is 19.5. The van der Waals surface area contributed by atoms with Crippen molar-refractivity contribution in [1.82, 2.24) is 16.0 Å². The molecule has 3 N–H and O–H groups in total. The van der Waals surface area contributed by atoms with Crippen LogP contribution >= 0.6 is 24.0 Å². The lowest BCUT2D eigenvalue weighted by Crippen LogP contribution is -2.38. The number of nitrogens with zero attached hydrogens (tertiary/aromatic N) is 1. The van der Waals surface area contributed by atoms with Crippen molar-refractivity contribution in [3.8, 4) is 0 Å². The average molecular weight is 502 g/mol. The lowest BCUT2D eigenvalue weighted by Gasteiger charge is -2.11. The Hall–Kier alpha value is -2.10. The van der Waals surface area contributed by atoms with Crippen molar-refractivity contribution in [2.24, 2.45) is 4.99 Å². The van der Waals surface area contributed by atoms with Gasteiger partial charge in [0.2, 0.25) is 0 Å². The van der Waals surface area contributed by atoms with E-state index in [0.717, 1.165) is 17.7 Å². The summed E-state index contributed by atoms with van der Waals surface area (Å²) in [6.45, 7) is 6.33. The summed E-state index contributed by atoms with van der Waals surface area (Å²) in [5, 5.41) is 9.23. The number of guanidine groups is 1. The fraction of sp³-hybridized carbons (Fsp3) is 0.400. The van der Waals surface area contributed by atoms with Gasteiger partial charge in [0.05, 0.1) is 6.26 Å². The van der Waals surface area contributed by atoms with Crippen molar-refractivity contribution in [2.75, 3.05) is 26.2 Å². The molecular formula is C20H28FIN4O2. The number of hydrogen-bond donors (Lipinski definition) is 3. The van der Waals surface area contributed by atoms with Crippen molar-refractivity contribution in [2.45, 2.75) is 26.7 Å². The number of nitrogens with one attached hydrogen (secondary N) is 3. The summed E-state index contributed by atoms with van der Waals surface area (Å²) in [6, 6.07) is 8.35. The maximum Gasteiger partial charge on any atom is 0.287 e. The summed E-state index contributed by atoms with van der Waals surface area (Å²) in [6.07, 6.45) is 2.93. The van der Waals surface area contributed by atoms with Crippen LogP contribution in [0, 0.1) is 12.7 Å². The normalized spacial score (nSPS) is 10.9. The molecule has 0 spiro atoms. The van der Waals surface area contributed by atoms with Crippen LogP contribution in [0.4, 0.5) is 4.39 Å². The van der Waals surface area contributed by atoms with Gasteiger partial charge < -0.3 is 20.4 Å². The molecular weight excluding hydrogens is 474 g/mol. The van der Waals surface area contributed by atoms with Gasteiger partial charge in [-0.3, -0.25) is 9.79 Å². The summed E-state index contributed by atoms with van der Waals surface area (Å²) < 4.78 is 18.3. The number of amides is 1. The molecule has 1 heterocycles. The molecule has 0 atom stereocenters. The number of hydrogen-bond acceptors (Lipinski definition) is 3. The number of rotatable bonds is 9. The molecule has 1 aromatic heterocycles. The number of aliphatic imine (C=N–C) groups is 1. The molecule has 0 fully saturated rings. The fourth-order valence-electron chi connectivity index (χ4n) is 2.52. The lowest BCUT2D eigenvalue weighted by atomic mass is 10.1. The third-order valence-corrected chi connectivity index (χ3v) is 3.90. The third-order valence-electron chi connectivity index (χ3n) is 3.90. The van der Waals surface area contributed by atoms with Crippen LogP contribution in [-0.4, -0.2) is 38.0 Å². The predicted octanol–water partition coefficient (Wildman–Crippen LogP) is 3.26. The zero-order valence-corrected chi connectivity index (χ0v) is 18.6. The van der Waals surface area contributed by atoms with Gasteiger partial charge in [-0.05, 0) is 50.5 Å². The van der Waals surface area contributed by atoms with Gasteiger partial charge in [0.15, 0.2) is 11.7 Å². The first kappa shape index (κ1) is 23.9. The molecule has 1 aromatic carbocycles. The van der Waals surface area contributed by atoms with Crippen molar-refractivity contribution < 1.29 is 13.6 Å². The van der Waals surface area contributed by atoms with Crippen LogP contribution in [0.15, 0.2) is 46.0 Å². The summed E-state index contributed by atoms with van der Waals surface area (Å²) in [5.74, 6) is 0.634. The van der Waals surface area contributed by atoms with Gasteiger partial charge in [-0.2, -0.15) is 0 Å². The van der Waals surface area contributed by atoms with E-state index in [1.54, 1.807) is 12.1 Å². The van der Waals surface area contributed by atoms with Crippen LogP contribution < -0.4 is 16.0 Å². The van der Waals surface area contributed by atoms with Crippen LogP contribution in [0.2, 0.25) is 0 Å². The Morgan fingerprint density at radius 3 is 2.68 bits per heavy atom. The van der Waals surface area contributed by atoms with E-state index in [-0.39, 0.29) is 35.7 Å². The summed E-state index contributed by atoms with van der Waals surface area (Å²) in [7, 11) is 0. The molecule has 0 aliphatic carbocycles. The van der Waals surface area contributed by atoms with E-state index in [9.17, 15) is 9.18 Å². The number of furan rings is 1. The maximum atomic E-state index is 13.2. The van der Waals surface area contributed by atoms with E-state index in [0.29, 0.717) is 44.2 Å². The predicted molar refractivity (Wildman–Crippen MR) is 120 cm³/mol. The van der Waals surface area contributed by atoms with Crippen LogP contribution in [0.1, 0.15) is 35.0 Å². The first-order valence-electron chi connectivity index (χ1n) is 9.19. The van der Waals surface area contributed by atoms with Gasteiger partial charge in [0, 0.05) is 31.7 Å². The average Bonchev–Trinajstić information content (AvgIpc) is 3.07. The molecule has 0 bridgehead atoms. The van der Waals surface area contributed by atoms with Crippen molar-refractivity contribution in [1.29, 1.82) is 0 Å². The Kier molecular flexibility index (Phi) is 11.2. The smallest absolute Gasteiger partial charge is 0.287 e. The topological polar surface area (TPSA) is 78.7 Å². The summed E-state index contributed by atoms with van der Waals surface area (Å²) in [4.78, 5) is 16.4. The van der Waals surface area contributed by atoms with Crippen LogP contribution in [0.5, 0.6) is 0 Å². The molecule has 0 unspecified atom stereocenters. The van der Waals surface area contributed by atoms with Gasteiger partial charge in [0.25, 0.3) is 5.91 Å². The van der Waals surface area contributed by atoms with Crippen molar-refractivity contribution >= 4 is 35.8 Å². The molecule has 2 rings (SSSR count). The monoisotopic (exact) mass is 502 g/mol. The molecule has 0 radical (unpaired) electrons. The van der Waals surface area contributed by atoms with Crippen LogP contribution in [0.3, 0.4) is 0 Å². The van der Waals surface area contributed by atoms with E-state index in [1.165, 1.54) is 18.4 Å². The minimum absolute atomic E-state index is 0. The molecule has 2 aromatic rings. The Morgan fingerprint density at radius 1 is 1.18 bits per heavy atom. The Balaban J connectivity index is 0.00000392. The van der Waals surface area contributed by atoms with E-state index in [2.05, 4.69) is 20.9 Å². The first-order chi connectivity index (χ1) is 13.1. The molecule has 6 nitrogen and oxygen atoms in total. The maximum absolute atomic E-state index is 13.2. The van der Waals surface area contributed by atoms with Crippen LogP contribution in [-0.2, 0) is 6.42 Å². The molecule has 1 amide bonds. The summed E-state index contributed by atoms with van der Waals surface area (Å²) >= 11 is 0. The standard InChI is InChI=1S/C20H27FN4O2.HI/c1-3-22-20(25-12-8-16-6-4-7-17(21)14-16)24-11-5-10-23-19(26)18-15(2)9-13-27-18;/h4,6-7,9,13-14H,3,5,8,10-12H2,1-2H3,(H,23,26)(H2,22,24,25);1H. The Bertz CT molecular complexity index is 764. The minimum Gasteiger partial charge on any atom is -0.459 e. The molecule has 154 valence electrons. The minimum atomic E-state index is -0.222. The van der Waals surface area contributed by atoms with E-state index < -0.39 is 0 Å². The second kappa shape index (κ2) is 13.1. The number of halogens is 2. The third kappa shape index (κ3) is 8.28. The molecule has 28 heavy (non-hydrogen) atoms. The molecule has 0 saturated heterocycles. The van der Waals surface area contributed by atoms with E-state index in [4.69, 9.17) is 4.42 Å². The molecule has 0 saturated carbocycles. The summed E-state index contributed by atoms with van der Waals surface area (Å²) in [5.41, 5.74) is 1.76.